The van der Waals surface area contributed by atoms with Gasteiger partial charge in [-0.15, -0.1) is 0 Å². The lowest BCUT2D eigenvalue weighted by Crippen LogP contribution is -2.56. The number of nitrogens with zero attached hydrogens (tertiary/aromatic N) is 1. The average Bonchev–Trinajstić information content (AvgIpc) is 2.39. The van der Waals surface area contributed by atoms with E-state index in [4.69, 9.17) is 5.73 Å². The molecule has 2 atom stereocenters. The maximum atomic E-state index is 6.06. The maximum absolute atomic E-state index is 6.06. The quantitative estimate of drug-likeness (QED) is 0.712. The lowest BCUT2D eigenvalue weighted by atomic mass is 9.91. The van der Waals surface area contributed by atoms with E-state index in [2.05, 4.69) is 37.4 Å². The fraction of sp³-hybridized carbons (Fsp3) is 1.00. The van der Waals surface area contributed by atoms with Crippen LogP contribution in [0.5, 0.6) is 0 Å². The highest BCUT2D eigenvalue weighted by molar-refractivity contribution is 8.00. The zero-order valence-electron chi connectivity index (χ0n) is 11.9. The van der Waals surface area contributed by atoms with Crippen LogP contribution in [0.3, 0.4) is 0 Å². The van der Waals surface area contributed by atoms with Gasteiger partial charge in [-0.2, -0.15) is 11.8 Å². The summed E-state index contributed by atoms with van der Waals surface area (Å²) in [6.45, 7) is 10.2. The standard InChI is InChI=1S/C14H30N2S/c1-4-6-7-8-14(3,12-15)16-9-10-17-13(5-2)11-16/h13H,4-12,15H2,1-3H3. The van der Waals surface area contributed by atoms with E-state index in [1.165, 1.54) is 50.9 Å². The van der Waals surface area contributed by atoms with Gasteiger partial charge in [-0.1, -0.05) is 33.1 Å². The first-order valence-corrected chi connectivity index (χ1v) is 8.28. The van der Waals surface area contributed by atoms with Gasteiger partial charge in [0.25, 0.3) is 0 Å². The second kappa shape index (κ2) is 7.65. The third-order valence-electron chi connectivity index (χ3n) is 4.12. The van der Waals surface area contributed by atoms with E-state index in [0.717, 1.165) is 11.8 Å². The van der Waals surface area contributed by atoms with Crippen LogP contribution in [0, 0.1) is 0 Å². The van der Waals surface area contributed by atoms with Crippen LogP contribution >= 0.6 is 11.8 Å². The Morgan fingerprint density at radius 1 is 1.35 bits per heavy atom. The van der Waals surface area contributed by atoms with Gasteiger partial charge in [0.15, 0.2) is 0 Å². The molecule has 0 aromatic heterocycles. The number of hydrogen-bond acceptors (Lipinski definition) is 3. The molecular weight excluding hydrogens is 228 g/mol. The highest BCUT2D eigenvalue weighted by Gasteiger charge is 2.33. The molecular formula is C14H30N2S. The molecule has 1 aliphatic heterocycles. The number of unbranched alkanes of at least 4 members (excludes halogenated alkanes) is 2. The summed E-state index contributed by atoms with van der Waals surface area (Å²) in [6.07, 6.45) is 6.52. The van der Waals surface area contributed by atoms with Crippen molar-refractivity contribution in [3.63, 3.8) is 0 Å². The Labute approximate surface area is 112 Å². The Bertz CT molecular complexity index is 210. The van der Waals surface area contributed by atoms with E-state index >= 15 is 0 Å². The molecule has 1 fully saturated rings. The molecule has 3 heteroatoms. The zero-order valence-corrected chi connectivity index (χ0v) is 12.7. The van der Waals surface area contributed by atoms with E-state index in [1.54, 1.807) is 0 Å². The summed E-state index contributed by atoms with van der Waals surface area (Å²) in [5, 5.41) is 0.820. The van der Waals surface area contributed by atoms with Gasteiger partial charge in [0.05, 0.1) is 0 Å². The molecule has 0 saturated carbocycles. The molecule has 1 saturated heterocycles. The first kappa shape index (κ1) is 15.3. The van der Waals surface area contributed by atoms with Crippen LogP contribution in [-0.4, -0.2) is 41.1 Å². The van der Waals surface area contributed by atoms with Crippen molar-refractivity contribution < 1.29 is 0 Å². The van der Waals surface area contributed by atoms with Crippen LogP contribution in [-0.2, 0) is 0 Å². The lowest BCUT2D eigenvalue weighted by Gasteiger charge is -2.45. The molecule has 17 heavy (non-hydrogen) atoms. The third kappa shape index (κ3) is 4.46. The second-order valence-corrected chi connectivity index (χ2v) is 6.91. The van der Waals surface area contributed by atoms with Crippen molar-refractivity contribution in [2.75, 3.05) is 25.4 Å². The van der Waals surface area contributed by atoms with E-state index in [-0.39, 0.29) is 5.54 Å². The molecule has 0 aromatic carbocycles. The summed E-state index contributed by atoms with van der Waals surface area (Å²) in [4.78, 5) is 2.66. The summed E-state index contributed by atoms with van der Waals surface area (Å²) >= 11 is 2.14. The minimum Gasteiger partial charge on any atom is -0.329 e. The molecule has 1 heterocycles. The molecule has 0 radical (unpaired) electrons. The molecule has 2 N–H and O–H groups in total. The fourth-order valence-electron chi connectivity index (χ4n) is 2.60. The molecule has 0 aromatic rings. The maximum Gasteiger partial charge on any atom is 0.0304 e. The van der Waals surface area contributed by atoms with Gasteiger partial charge in [0.2, 0.25) is 0 Å². The lowest BCUT2D eigenvalue weighted by molar-refractivity contribution is 0.102. The molecule has 1 aliphatic rings. The predicted molar refractivity (Wildman–Crippen MR) is 79.7 cm³/mol. The van der Waals surface area contributed by atoms with Gasteiger partial charge in [-0.05, 0) is 19.8 Å². The van der Waals surface area contributed by atoms with Crippen LogP contribution < -0.4 is 5.73 Å². The minimum absolute atomic E-state index is 0.240. The van der Waals surface area contributed by atoms with Crippen molar-refractivity contribution in [3.05, 3.63) is 0 Å². The van der Waals surface area contributed by atoms with Crippen LogP contribution in [0.25, 0.3) is 0 Å². The summed E-state index contributed by atoms with van der Waals surface area (Å²) in [6, 6.07) is 0. The number of hydrogen-bond donors (Lipinski definition) is 1. The summed E-state index contributed by atoms with van der Waals surface area (Å²) in [7, 11) is 0. The van der Waals surface area contributed by atoms with Crippen molar-refractivity contribution in [1.29, 1.82) is 0 Å². The van der Waals surface area contributed by atoms with Gasteiger partial charge in [0.1, 0.15) is 0 Å². The zero-order chi connectivity index (χ0) is 12.7. The topological polar surface area (TPSA) is 29.3 Å². The van der Waals surface area contributed by atoms with Crippen molar-refractivity contribution in [3.8, 4) is 0 Å². The minimum atomic E-state index is 0.240. The fourth-order valence-corrected chi connectivity index (χ4v) is 3.78. The highest BCUT2D eigenvalue weighted by Crippen LogP contribution is 2.29. The molecule has 2 unspecified atom stereocenters. The second-order valence-electron chi connectivity index (χ2n) is 5.51. The Balaban J connectivity index is 2.51. The first-order valence-electron chi connectivity index (χ1n) is 7.23. The van der Waals surface area contributed by atoms with E-state index in [1.807, 2.05) is 0 Å². The van der Waals surface area contributed by atoms with Crippen molar-refractivity contribution in [2.45, 2.75) is 63.7 Å². The Hall–Kier alpha value is 0.270. The van der Waals surface area contributed by atoms with Gasteiger partial charge < -0.3 is 5.73 Å². The van der Waals surface area contributed by atoms with Crippen LogP contribution in [0.15, 0.2) is 0 Å². The molecule has 1 rings (SSSR count). The van der Waals surface area contributed by atoms with E-state index < -0.39 is 0 Å². The first-order chi connectivity index (χ1) is 8.16. The van der Waals surface area contributed by atoms with E-state index in [9.17, 15) is 0 Å². The largest absolute Gasteiger partial charge is 0.329 e. The van der Waals surface area contributed by atoms with Crippen LogP contribution in [0.4, 0.5) is 0 Å². The molecule has 0 bridgehead atoms. The monoisotopic (exact) mass is 258 g/mol. The Kier molecular flexibility index (Phi) is 6.90. The third-order valence-corrected chi connectivity index (χ3v) is 5.49. The Morgan fingerprint density at radius 3 is 2.71 bits per heavy atom. The number of rotatable bonds is 7. The molecule has 2 nitrogen and oxygen atoms in total. The summed E-state index contributed by atoms with van der Waals surface area (Å²) < 4.78 is 0. The van der Waals surface area contributed by atoms with Gasteiger partial charge >= 0.3 is 0 Å². The van der Waals surface area contributed by atoms with Gasteiger partial charge in [0, 0.05) is 36.2 Å². The Morgan fingerprint density at radius 2 is 2.12 bits per heavy atom. The van der Waals surface area contributed by atoms with Gasteiger partial charge in [-0.25, -0.2) is 0 Å². The smallest absolute Gasteiger partial charge is 0.0304 e. The number of nitrogens with two attached hydrogens (primary N) is 1. The van der Waals surface area contributed by atoms with E-state index in [0.29, 0.717) is 0 Å². The van der Waals surface area contributed by atoms with Crippen molar-refractivity contribution in [2.24, 2.45) is 5.73 Å². The summed E-state index contributed by atoms with van der Waals surface area (Å²) in [5.74, 6) is 1.28. The normalized spacial score (nSPS) is 25.8. The molecule has 102 valence electrons. The van der Waals surface area contributed by atoms with Crippen molar-refractivity contribution in [1.82, 2.24) is 4.90 Å². The van der Waals surface area contributed by atoms with Crippen LogP contribution in [0.1, 0.15) is 52.9 Å². The SMILES string of the molecule is CCCCCC(C)(CN)N1CCSC(CC)C1. The number of thioether (sulfide) groups is 1. The van der Waals surface area contributed by atoms with Gasteiger partial charge in [-0.3, -0.25) is 4.90 Å². The highest BCUT2D eigenvalue weighted by atomic mass is 32.2. The average molecular weight is 258 g/mol. The van der Waals surface area contributed by atoms with Crippen molar-refractivity contribution >= 4 is 11.8 Å². The predicted octanol–water partition coefficient (Wildman–Crippen LogP) is 3.11. The molecule has 0 amide bonds. The van der Waals surface area contributed by atoms with Crippen LogP contribution in [0.2, 0.25) is 0 Å². The molecule has 0 aliphatic carbocycles. The summed E-state index contributed by atoms with van der Waals surface area (Å²) in [5.41, 5.74) is 6.30. The molecule has 0 spiro atoms.